The number of hydrogen-bond donors (Lipinski definition) is 1. The maximum atomic E-state index is 12.0. The van der Waals surface area contributed by atoms with Gasteiger partial charge in [-0.3, -0.25) is 9.69 Å². The molecule has 1 unspecified atom stereocenters. The molecule has 0 aliphatic carbocycles. The molecule has 2 heterocycles. The fraction of sp³-hybridized carbons (Fsp3) is 0.423. The molecule has 186 valence electrons. The number of fused-ring (bicyclic) bond motifs is 1. The number of benzene rings is 2. The van der Waals surface area contributed by atoms with Crippen LogP contribution in [0.4, 0.5) is 0 Å². The molecule has 1 aliphatic heterocycles. The summed E-state index contributed by atoms with van der Waals surface area (Å²) in [6.45, 7) is 11.1. The van der Waals surface area contributed by atoms with Crippen LogP contribution in [-0.2, 0) is 11.3 Å². The van der Waals surface area contributed by atoms with Crippen molar-refractivity contribution in [1.82, 2.24) is 15.0 Å². The van der Waals surface area contributed by atoms with Gasteiger partial charge in [0.15, 0.2) is 0 Å². The first-order valence-electron chi connectivity index (χ1n) is 11.6. The molecule has 1 atom stereocenters. The molecule has 4 rings (SSSR count). The molecule has 35 heavy (non-hydrogen) atoms. The Hall–Kier alpha value is -3.10. The van der Waals surface area contributed by atoms with Crippen LogP contribution < -0.4 is 9.47 Å². The molecular weight excluding hydrogens is 470 g/mol. The summed E-state index contributed by atoms with van der Waals surface area (Å²) in [7, 11) is 0. The molecule has 0 radical (unpaired) electrons. The van der Waals surface area contributed by atoms with Crippen LogP contribution in [-0.4, -0.2) is 51.4 Å². The average Bonchev–Trinajstić information content (AvgIpc) is 3.16. The largest absolute Gasteiger partial charge is 0.492 e. The Morgan fingerprint density at radius 2 is 1.91 bits per heavy atom. The number of rotatable bonds is 6. The van der Waals surface area contributed by atoms with Gasteiger partial charge in [-0.1, -0.05) is 49.7 Å². The van der Waals surface area contributed by atoms with Crippen LogP contribution in [0.15, 0.2) is 40.9 Å². The van der Waals surface area contributed by atoms with Crippen LogP contribution in [0.1, 0.15) is 40.2 Å². The number of halogens is 1. The molecule has 9 heteroatoms. The summed E-state index contributed by atoms with van der Waals surface area (Å²) in [6, 6.07) is 10.4. The summed E-state index contributed by atoms with van der Waals surface area (Å²) in [5, 5.41) is 14.4. The highest BCUT2D eigenvalue weighted by Crippen LogP contribution is 2.34. The molecule has 0 saturated carbocycles. The van der Waals surface area contributed by atoms with Gasteiger partial charge in [0, 0.05) is 29.8 Å². The lowest BCUT2D eigenvalue weighted by Gasteiger charge is -2.36. The fourth-order valence-corrected chi connectivity index (χ4v) is 4.49. The zero-order chi connectivity index (χ0) is 25.3. The fourth-order valence-electron chi connectivity index (χ4n) is 4.27. The first-order chi connectivity index (χ1) is 16.5. The van der Waals surface area contributed by atoms with E-state index in [0.717, 1.165) is 11.1 Å². The van der Waals surface area contributed by atoms with Crippen LogP contribution in [0.5, 0.6) is 11.5 Å². The van der Waals surface area contributed by atoms with Gasteiger partial charge in [-0.2, -0.15) is 4.98 Å². The molecule has 8 nitrogen and oxygen atoms in total. The van der Waals surface area contributed by atoms with E-state index in [0.29, 0.717) is 53.5 Å². The van der Waals surface area contributed by atoms with E-state index in [1.54, 1.807) is 12.1 Å². The Morgan fingerprint density at radius 1 is 1.17 bits per heavy atom. The van der Waals surface area contributed by atoms with E-state index >= 15 is 0 Å². The van der Waals surface area contributed by atoms with Crippen molar-refractivity contribution >= 4 is 17.6 Å². The molecule has 0 bridgehead atoms. The highest BCUT2D eigenvalue weighted by molar-refractivity contribution is 6.32. The molecule has 0 amide bonds. The first-order valence-corrected chi connectivity index (χ1v) is 11.9. The quantitative estimate of drug-likeness (QED) is 0.472. The van der Waals surface area contributed by atoms with Crippen molar-refractivity contribution in [2.75, 3.05) is 13.2 Å². The summed E-state index contributed by atoms with van der Waals surface area (Å²) in [4.78, 5) is 18.5. The van der Waals surface area contributed by atoms with E-state index < -0.39 is 17.4 Å². The number of carboxylic acids is 1. The van der Waals surface area contributed by atoms with Crippen molar-refractivity contribution < 1.29 is 23.9 Å². The smallest absolute Gasteiger partial charge is 0.321 e. The Labute approximate surface area is 209 Å². The van der Waals surface area contributed by atoms with Crippen molar-refractivity contribution in [3.63, 3.8) is 0 Å². The van der Waals surface area contributed by atoms with Gasteiger partial charge in [-0.05, 0) is 43.5 Å². The van der Waals surface area contributed by atoms with Crippen LogP contribution in [0.25, 0.3) is 22.8 Å². The molecule has 3 aromatic rings. The zero-order valence-corrected chi connectivity index (χ0v) is 21.3. The van der Waals surface area contributed by atoms with Gasteiger partial charge in [0.05, 0.1) is 11.1 Å². The van der Waals surface area contributed by atoms with E-state index in [2.05, 4.69) is 10.1 Å². The van der Waals surface area contributed by atoms with Crippen molar-refractivity contribution in [3.8, 4) is 34.3 Å². The van der Waals surface area contributed by atoms with Gasteiger partial charge < -0.3 is 19.1 Å². The Bertz CT molecular complexity index is 1220. The van der Waals surface area contributed by atoms with Gasteiger partial charge in [0.2, 0.25) is 5.82 Å². The molecule has 1 aromatic heterocycles. The lowest BCUT2D eigenvalue weighted by atomic mass is 9.85. The summed E-state index contributed by atoms with van der Waals surface area (Å²) in [6.07, 6.45) is 0.0133. The minimum Gasteiger partial charge on any atom is -0.492 e. The lowest BCUT2D eigenvalue weighted by Crippen LogP contribution is -2.49. The third-order valence-corrected chi connectivity index (χ3v) is 6.02. The monoisotopic (exact) mass is 499 g/mol. The zero-order valence-electron chi connectivity index (χ0n) is 20.5. The lowest BCUT2D eigenvalue weighted by molar-refractivity contribution is -0.148. The van der Waals surface area contributed by atoms with Crippen LogP contribution in [0, 0.1) is 5.41 Å². The van der Waals surface area contributed by atoms with Crippen molar-refractivity contribution in [2.45, 2.75) is 53.3 Å². The van der Waals surface area contributed by atoms with Crippen LogP contribution in [0.3, 0.4) is 0 Å². The van der Waals surface area contributed by atoms with Crippen molar-refractivity contribution in [1.29, 1.82) is 0 Å². The van der Waals surface area contributed by atoms with E-state index in [1.807, 2.05) is 63.8 Å². The predicted octanol–water partition coefficient (Wildman–Crippen LogP) is 5.54. The SMILES string of the molecule is CC(C)Oc1ccc(-c2nc(-c3ccc4c(c3)OCCN(C(C(=O)O)C(C)(C)C)C4)no2)cc1Cl. The molecule has 2 aromatic carbocycles. The van der Waals surface area contributed by atoms with Gasteiger partial charge in [0.1, 0.15) is 24.1 Å². The minimum atomic E-state index is -0.833. The molecule has 0 fully saturated rings. The number of nitrogens with zero attached hydrogens (tertiary/aromatic N) is 3. The van der Waals surface area contributed by atoms with Gasteiger partial charge in [-0.15, -0.1) is 0 Å². The number of carbonyl (C=O) groups is 1. The number of ether oxygens (including phenoxy) is 2. The molecule has 1 N–H and O–H groups in total. The summed E-state index contributed by atoms with van der Waals surface area (Å²) < 4.78 is 17.1. The van der Waals surface area contributed by atoms with E-state index in [9.17, 15) is 9.90 Å². The average molecular weight is 500 g/mol. The van der Waals surface area contributed by atoms with Gasteiger partial charge in [0.25, 0.3) is 5.89 Å². The molecular formula is C26H30ClN3O5. The standard InChI is InChI=1S/C26H30ClN3O5/c1-15(2)34-20-9-8-17(12-19(20)27)24-28-23(29-35-24)16-6-7-18-14-30(10-11-33-21(18)13-16)22(25(31)32)26(3,4)5/h6-9,12-13,15,22H,10-11,14H2,1-5H3,(H,31,32). The van der Waals surface area contributed by atoms with Crippen molar-refractivity contribution in [3.05, 3.63) is 47.0 Å². The minimum absolute atomic E-state index is 0.0133. The normalized spacial score (nSPS) is 15.3. The third-order valence-electron chi connectivity index (χ3n) is 5.72. The second-order valence-corrected chi connectivity index (χ2v) is 10.4. The molecule has 1 aliphatic rings. The Kier molecular flexibility index (Phi) is 7.05. The first kappa shape index (κ1) is 25.0. The number of carboxylic acid groups (broad SMARTS) is 1. The van der Waals surface area contributed by atoms with Gasteiger partial charge in [-0.25, -0.2) is 0 Å². The van der Waals surface area contributed by atoms with Gasteiger partial charge >= 0.3 is 5.97 Å². The summed E-state index contributed by atoms with van der Waals surface area (Å²) >= 11 is 6.35. The summed E-state index contributed by atoms with van der Waals surface area (Å²) in [5.41, 5.74) is 1.93. The van der Waals surface area contributed by atoms with E-state index in [-0.39, 0.29) is 6.10 Å². The molecule has 0 spiro atoms. The predicted molar refractivity (Wildman–Crippen MR) is 133 cm³/mol. The maximum absolute atomic E-state index is 12.0. The highest BCUT2D eigenvalue weighted by Gasteiger charge is 2.37. The van der Waals surface area contributed by atoms with Crippen LogP contribution in [0.2, 0.25) is 5.02 Å². The Balaban J connectivity index is 1.57. The van der Waals surface area contributed by atoms with Crippen molar-refractivity contribution in [2.24, 2.45) is 5.41 Å². The second-order valence-electron chi connectivity index (χ2n) is 9.98. The Morgan fingerprint density at radius 3 is 2.57 bits per heavy atom. The molecule has 0 saturated heterocycles. The number of aromatic nitrogens is 2. The second kappa shape index (κ2) is 9.87. The maximum Gasteiger partial charge on any atom is 0.321 e. The van der Waals surface area contributed by atoms with E-state index in [4.69, 9.17) is 25.6 Å². The third kappa shape index (κ3) is 5.60. The number of hydrogen-bond acceptors (Lipinski definition) is 7. The van der Waals surface area contributed by atoms with Crippen LogP contribution >= 0.6 is 11.6 Å². The van der Waals surface area contributed by atoms with E-state index in [1.165, 1.54) is 0 Å². The number of aliphatic carboxylic acids is 1. The highest BCUT2D eigenvalue weighted by atomic mass is 35.5. The summed E-state index contributed by atoms with van der Waals surface area (Å²) in [5.74, 6) is 1.21. The topological polar surface area (TPSA) is 97.9 Å².